The van der Waals surface area contributed by atoms with E-state index in [0.29, 0.717) is 31.3 Å². The Morgan fingerprint density at radius 2 is 2.00 bits per heavy atom. The summed E-state index contributed by atoms with van der Waals surface area (Å²) in [5.74, 6) is -0.0201. The van der Waals surface area contributed by atoms with E-state index < -0.39 is 11.7 Å². The van der Waals surface area contributed by atoms with E-state index in [-0.39, 0.29) is 23.1 Å². The topological polar surface area (TPSA) is 63.6 Å². The molecule has 0 aromatic carbocycles. The maximum atomic E-state index is 12.3. The molecule has 0 amide bonds. The van der Waals surface area contributed by atoms with E-state index in [2.05, 4.69) is 13.0 Å². The van der Waals surface area contributed by atoms with Gasteiger partial charge in [0.25, 0.3) is 0 Å². The van der Waals surface area contributed by atoms with Crippen molar-refractivity contribution >= 4 is 11.8 Å². The molecule has 4 nitrogen and oxygen atoms in total. The van der Waals surface area contributed by atoms with E-state index in [4.69, 9.17) is 4.74 Å². The molecule has 0 spiro atoms. The van der Waals surface area contributed by atoms with Crippen LogP contribution in [0.2, 0.25) is 0 Å². The second kappa shape index (κ2) is 5.83. The lowest BCUT2D eigenvalue weighted by Crippen LogP contribution is -2.57. The lowest BCUT2D eigenvalue weighted by Gasteiger charge is -2.47. The summed E-state index contributed by atoms with van der Waals surface area (Å²) in [6, 6.07) is 0. The van der Waals surface area contributed by atoms with Crippen molar-refractivity contribution in [1.29, 1.82) is 0 Å². The van der Waals surface area contributed by atoms with Crippen LogP contribution in [0.4, 0.5) is 0 Å². The number of rotatable bonds is 0. The van der Waals surface area contributed by atoms with Crippen LogP contribution < -0.4 is 0 Å². The van der Waals surface area contributed by atoms with Gasteiger partial charge in [0.1, 0.15) is 17.5 Å². The molecule has 0 aromatic rings. The van der Waals surface area contributed by atoms with Crippen LogP contribution in [0.15, 0.2) is 22.8 Å². The molecule has 4 atom stereocenters. The van der Waals surface area contributed by atoms with Gasteiger partial charge in [-0.15, -0.1) is 0 Å². The molecule has 0 saturated heterocycles. The van der Waals surface area contributed by atoms with Gasteiger partial charge < -0.3 is 9.84 Å². The van der Waals surface area contributed by atoms with Crippen molar-refractivity contribution in [1.82, 2.24) is 0 Å². The van der Waals surface area contributed by atoms with Crippen LogP contribution in [0.1, 0.15) is 66.2 Å². The summed E-state index contributed by atoms with van der Waals surface area (Å²) >= 11 is 0. The minimum Gasteiger partial charge on any atom is -0.456 e. The standard InChI is InChI=1S/C20H28O4/c1-12-5-7-19(4)8-6-16-14(3)18(22)24-17(20(16,19)23)11-13(2)10-15(21)9-12/h5,13,17,23H,6-11H2,1-4H3/b12-5+/t13-,17-,19-,20-/m1/s1. The number of esters is 1. The van der Waals surface area contributed by atoms with Crippen LogP contribution in [0, 0.1) is 11.3 Å². The zero-order chi connectivity index (χ0) is 17.7. The van der Waals surface area contributed by atoms with Gasteiger partial charge in [0.15, 0.2) is 0 Å². The molecule has 1 fully saturated rings. The number of hydrogen-bond donors (Lipinski definition) is 1. The molecule has 2 aliphatic carbocycles. The first kappa shape index (κ1) is 17.4. The number of aliphatic hydroxyl groups is 1. The van der Waals surface area contributed by atoms with E-state index in [0.717, 1.165) is 24.0 Å². The van der Waals surface area contributed by atoms with Gasteiger partial charge in [0, 0.05) is 23.8 Å². The first-order valence-electron chi connectivity index (χ1n) is 8.98. The van der Waals surface area contributed by atoms with Gasteiger partial charge in [-0.1, -0.05) is 25.5 Å². The molecule has 0 radical (unpaired) electrons. The smallest absolute Gasteiger partial charge is 0.334 e. The molecular formula is C20H28O4. The van der Waals surface area contributed by atoms with Gasteiger partial charge in [-0.2, -0.15) is 0 Å². The third-order valence-corrected chi connectivity index (χ3v) is 6.35. The second-order valence-corrected chi connectivity index (χ2v) is 8.34. The Balaban J connectivity index is 2.10. The Morgan fingerprint density at radius 3 is 2.71 bits per heavy atom. The molecule has 3 rings (SSSR count). The van der Waals surface area contributed by atoms with Crippen molar-refractivity contribution in [2.24, 2.45) is 11.3 Å². The van der Waals surface area contributed by atoms with Gasteiger partial charge in [0.2, 0.25) is 0 Å². The zero-order valence-electron chi connectivity index (χ0n) is 15.1. The number of Topliss-reactive ketones (excluding diaryl/α,β-unsaturated/α-hetero) is 1. The molecule has 0 bridgehead atoms. The number of hydrogen-bond acceptors (Lipinski definition) is 4. The maximum absolute atomic E-state index is 12.3. The summed E-state index contributed by atoms with van der Waals surface area (Å²) in [5.41, 5.74) is 0.997. The monoisotopic (exact) mass is 332 g/mol. The lowest BCUT2D eigenvalue weighted by atomic mass is 9.66. The summed E-state index contributed by atoms with van der Waals surface area (Å²) in [4.78, 5) is 24.5. The molecule has 132 valence electrons. The largest absolute Gasteiger partial charge is 0.456 e. The van der Waals surface area contributed by atoms with Gasteiger partial charge in [-0.25, -0.2) is 4.79 Å². The first-order chi connectivity index (χ1) is 11.2. The number of ether oxygens (including phenoxy) is 1. The summed E-state index contributed by atoms with van der Waals surface area (Å²) < 4.78 is 5.68. The Kier molecular flexibility index (Phi) is 4.23. The highest BCUT2D eigenvalue weighted by molar-refractivity contribution is 5.91. The van der Waals surface area contributed by atoms with Crippen molar-refractivity contribution in [2.75, 3.05) is 0 Å². The lowest BCUT2D eigenvalue weighted by molar-refractivity contribution is -0.177. The fourth-order valence-corrected chi connectivity index (χ4v) is 4.80. The molecule has 24 heavy (non-hydrogen) atoms. The molecule has 0 unspecified atom stereocenters. The third kappa shape index (κ3) is 2.55. The SMILES string of the molecule is CC1=C2CC[C@@]3(C)C/C=C(\C)CC(=O)C[C@@H](C)C[C@@H](OC1=O)[C@]23O. The minimum atomic E-state index is -1.12. The Hall–Kier alpha value is -1.42. The Bertz CT molecular complexity index is 644. The Morgan fingerprint density at radius 1 is 1.29 bits per heavy atom. The van der Waals surface area contributed by atoms with Crippen LogP contribution in [-0.2, 0) is 14.3 Å². The molecule has 1 saturated carbocycles. The number of allylic oxidation sites excluding steroid dienone is 2. The van der Waals surface area contributed by atoms with Gasteiger partial charge in [0.05, 0.1) is 0 Å². The van der Waals surface area contributed by atoms with Gasteiger partial charge >= 0.3 is 5.97 Å². The summed E-state index contributed by atoms with van der Waals surface area (Å²) in [6.07, 6.45) is 5.26. The molecule has 1 N–H and O–H groups in total. The number of carbonyl (C=O) groups excluding carboxylic acids is 2. The van der Waals surface area contributed by atoms with Crippen molar-refractivity contribution in [2.45, 2.75) is 77.9 Å². The molecule has 1 aliphatic heterocycles. The van der Waals surface area contributed by atoms with Crippen LogP contribution in [0.3, 0.4) is 0 Å². The molecule has 4 heteroatoms. The van der Waals surface area contributed by atoms with Crippen LogP contribution in [0.25, 0.3) is 0 Å². The molecular weight excluding hydrogens is 304 g/mol. The van der Waals surface area contributed by atoms with E-state index in [1.807, 2.05) is 13.8 Å². The second-order valence-electron chi connectivity index (χ2n) is 8.34. The zero-order valence-corrected chi connectivity index (χ0v) is 15.1. The maximum Gasteiger partial charge on any atom is 0.334 e. The van der Waals surface area contributed by atoms with Crippen molar-refractivity contribution < 1.29 is 19.4 Å². The van der Waals surface area contributed by atoms with Crippen molar-refractivity contribution in [3.8, 4) is 0 Å². The minimum absolute atomic E-state index is 0.0785. The highest BCUT2D eigenvalue weighted by atomic mass is 16.6. The molecule has 3 aliphatic rings. The Labute approximate surface area is 144 Å². The van der Waals surface area contributed by atoms with E-state index >= 15 is 0 Å². The molecule has 0 aromatic heterocycles. The summed E-state index contributed by atoms with van der Waals surface area (Å²) in [6.45, 7) is 7.84. The third-order valence-electron chi connectivity index (χ3n) is 6.35. The van der Waals surface area contributed by atoms with Crippen LogP contribution in [-0.4, -0.2) is 28.6 Å². The van der Waals surface area contributed by atoms with Crippen LogP contribution in [0.5, 0.6) is 0 Å². The van der Waals surface area contributed by atoms with Crippen molar-refractivity contribution in [3.63, 3.8) is 0 Å². The number of carbonyl (C=O) groups is 2. The average Bonchev–Trinajstić information content (AvgIpc) is 2.75. The quantitative estimate of drug-likeness (QED) is 0.545. The summed E-state index contributed by atoms with van der Waals surface area (Å²) in [5, 5.41) is 11.8. The summed E-state index contributed by atoms with van der Waals surface area (Å²) in [7, 11) is 0. The predicted octanol–water partition coefficient (Wildman–Crippen LogP) is 3.49. The first-order valence-corrected chi connectivity index (χ1v) is 8.98. The van der Waals surface area contributed by atoms with Crippen LogP contribution >= 0.6 is 0 Å². The van der Waals surface area contributed by atoms with E-state index in [1.165, 1.54) is 0 Å². The van der Waals surface area contributed by atoms with E-state index in [1.54, 1.807) is 6.92 Å². The highest BCUT2D eigenvalue weighted by Gasteiger charge is 2.61. The predicted molar refractivity (Wildman–Crippen MR) is 91.3 cm³/mol. The molecule has 1 heterocycles. The average molecular weight is 332 g/mol. The van der Waals surface area contributed by atoms with Crippen molar-refractivity contribution in [3.05, 3.63) is 22.8 Å². The van der Waals surface area contributed by atoms with Gasteiger partial charge in [-0.3, -0.25) is 4.79 Å². The number of ketones is 1. The highest BCUT2D eigenvalue weighted by Crippen LogP contribution is 2.58. The fourth-order valence-electron chi connectivity index (χ4n) is 4.80. The van der Waals surface area contributed by atoms with Gasteiger partial charge in [-0.05, 0) is 51.0 Å². The normalized spacial score (nSPS) is 42.8. The van der Waals surface area contributed by atoms with E-state index in [9.17, 15) is 14.7 Å². The fraction of sp³-hybridized carbons (Fsp3) is 0.700.